The number of benzene rings is 1. The van der Waals surface area contributed by atoms with Gasteiger partial charge in [0.05, 0.1) is 9.83 Å². The van der Waals surface area contributed by atoms with Gasteiger partial charge in [0.25, 0.3) is 0 Å². The summed E-state index contributed by atoms with van der Waals surface area (Å²) < 4.78 is 1.13. The Hall–Kier alpha value is -0.640. The van der Waals surface area contributed by atoms with Gasteiger partial charge in [-0.3, -0.25) is 0 Å². The summed E-state index contributed by atoms with van der Waals surface area (Å²) in [6.45, 7) is 2.08. The summed E-state index contributed by atoms with van der Waals surface area (Å²) in [6, 6.07) is 12.5. The van der Waals surface area contributed by atoms with Crippen LogP contribution in [0.3, 0.4) is 0 Å². The second kappa shape index (κ2) is 4.47. The molecule has 0 fully saturated rings. The molecule has 0 aliphatic carbocycles. The second-order valence-electron chi connectivity index (χ2n) is 3.53. The molecule has 0 saturated heterocycles. The Morgan fingerprint density at radius 1 is 1.13 bits per heavy atom. The molecule has 1 atom stereocenters. The number of hydrogen-bond acceptors (Lipinski definition) is 2. The molecule has 1 aromatic heterocycles. The minimum atomic E-state index is -0.0121. The molecule has 0 aliphatic rings. The van der Waals surface area contributed by atoms with Crippen LogP contribution in [0.15, 0.2) is 40.2 Å². The van der Waals surface area contributed by atoms with E-state index in [1.165, 1.54) is 10.4 Å². The Labute approximate surface area is 102 Å². The lowest BCUT2D eigenvalue weighted by molar-refractivity contribution is 0.893. The van der Waals surface area contributed by atoms with E-state index in [1.807, 2.05) is 6.07 Å². The third kappa shape index (κ3) is 2.48. The number of aryl methyl sites for hydroxylation is 1. The smallest absolute Gasteiger partial charge is 0.0702 e. The molecule has 0 bridgehead atoms. The van der Waals surface area contributed by atoms with Crippen LogP contribution in [0.1, 0.15) is 22.0 Å². The largest absolute Gasteiger partial charge is 0.320 e. The lowest BCUT2D eigenvalue weighted by atomic mass is 10.0. The summed E-state index contributed by atoms with van der Waals surface area (Å²) in [7, 11) is 0. The monoisotopic (exact) mass is 281 g/mol. The van der Waals surface area contributed by atoms with Crippen LogP contribution in [0.2, 0.25) is 0 Å². The molecule has 2 N–H and O–H groups in total. The fourth-order valence-corrected chi connectivity index (χ4v) is 2.89. The summed E-state index contributed by atoms with van der Waals surface area (Å²) in [5.74, 6) is 0. The Morgan fingerprint density at radius 3 is 2.33 bits per heavy atom. The van der Waals surface area contributed by atoms with Crippen LogP contribution in [0.25, 0.3) is 0 Å². The number of thiophene rings is 1. The first-order valence-corrected chi connectivity index (χ1v) is 6.35. The quantitative estimate of drug-likeness (QED) is 0.889. The van der Waals surface area contributed by atoms with Crippen molar-refractivity contribution >= 4 is 27.3 Å². The van der Waals surface area contributed by atoms with E-state index >= 15 is 0 Å². The highest BCUT2D eigenvalue weighted by molar-refractivity contribution is 9.11. The molecule has 2 aromatic rings. The van der Waals surface area contributed by atoms with Crippen LogP contribution in [0.5, 0.6) is 0 Å². The Kier molecular flexibility index (Phi) is 3.24. The van der Waals surface area contributed by atoms with Crippen molar-refractivity contribution in [3.63, 3.8) is 0 Å². The third-order valence-corrected chi connectivity index (χ3v) is 4.04. The van der Waals surface area contributed by atoms with Crippen LogP contribution >= 0.6 is 27.3 Å². The first-order chi connectivity index (χ1) is 7.16. The van der Waals surface area contributed by atoms with E-state index in [2.05, 4.69) is 53.2 Å². The molecular weight excluding hydrogens is 270 g/mol. The molecule has 78 valence electrons. The van der Waals surface area contributed by atoms with Crippen molar-refractivity contribution in [2.24, 2.45) is 5.73 Å². The van der Waals surface area contributed by atoms with Gasteiger partial charge in [-0.1, -0.05) is 29.8 Å². The summed E-state index contributed by atoms with van der Waals surface area (Å²) >= 11 is 5.13. The fraction of sp³-hybridized carbons (Fsp3) is 0.167. The summed E-state index contributed by atoms with van der Waals surface area (Å²) in [6.07, 6.45) is 0. The average Bonchev–Trinajstić information content (AvgIpc) is 2.65. The molecule has 1 aromatic carbocycles. The molecule has 0 spiro atoms. The lowest BCUT2D eigenvalue weighted by Gasteiger charge is -2.09. The maximum atomic E-state index is 6.17. The summed E-state index contributed by atoms with van der Waals surface area (Å²) in [4.78, 5) is 1.19. The fourth-order valence-electron chi connectivity index (χ4n) is 1.43. The zero-order chi connectivity index (χ0) is 10.8. The molecule has 1 unspecified atom stereocenters. The van der Waals surface area contributed by atoms with Crippen molar-refractivity contribution in [1.82, 2.24) is 0 Å². The first kappa shape index (κ1) is 10.9. The average molecular weight is 282 g/mol. The molecule has 0 aliphatic heterocycles. The second-order valence-corrected chi connectivity index (χ2v) is 6.02. The summed E-state index contributed by atoms with van der Waals surface area (Å²) in [5.41, 5.74) is 8.59. The van der Waals surface area contributed by atoms with Crippen LogP contribution in [0, 0.1) is 6.92 Å². The Bertz CT molecular complexity index is 447. The van der Waals surface area contributed by atoms with Gasteiger partial charge in [0.1, 0.15) is 0 Å². The zero-order valence-electron chi connectivity index (χ0n) is 8.41. The van der Waals surface area contributed by atoms with Gasteiger partial charge in [-0.15, -0.1) is 11.3 Å². The molecule has 0 amide bonds. The number of nitrogens with two attached hydrogens (primary N) is 1. The van der Waals surface area contributed by atoms with Crippen molar-refractivity contribution in [2.45, 2.75) is 13.0 Å². The Balaban J connectivity index is 2.28. The number of hydrogen-bond donors (Lipinski definition) is 1. The van der Waals surface area contributed by atoms with Crippen LogP contribution in [-0.2, 0) is 0 Å². The molecule has 0 radical (unpaired) electrons. The van der Waals surface area contributed by atoms with Crippen molar-refractivity contribution in [3.8, 4) is 0 Å². The van der Waals surface area contributed by atoms with E-state index in [0.717, 1.165) is 9.35 Å². The highest BCUT2D eigenvalue weighted by Gasteiger charge is 2.10. The van der Waals surface area contributed by atoms with Gasteiger partial charge in [-0.2, -0.15) is 0 Å². The van der Waals surface area contributed by atoms with Gasteiger partial charge >= 0.3 is 0 Å². The van der Waals surface area contributed by atoms with E-state index in [9.17, 15) is 0 Å². The third-order valence-electron chi connectivity index (χ3n) is 2.34. The SMILES string of the molecule is Cc1ccc(C(N)c2ccc(Br)s2)cc1. The van der Waals surface area contributed by atoms with E-state index in [1.54, 1.807) is 11.3 Å². The van der Waals surface area contributed by atoms with E-state index < -0.39 is 0 Å². The maximum absolute atomic E-state index is 6.17. The molecule has 0 saturated carbocycles. The molecule has 3 heteroatoms. The molecule has 2 rings (SSSR count). The normalized spacial score (nSPS) is 12.7. The summed E-state index contributed by atoms with van der Waals surface area (Å²) in [5, 5.41) is 0. The standard InChI is InChI=1S/C12H12BrNS/c1-8-2-4-9(5-3-8)12(14)10-6-7-11(13)15-10/h2-7,12H,14H2,1H3. The van der Waals surface area contributed by atoms with Crippen molar-refractivity contribution in [3.05, 3.63) is 56.2 Å². The lowest BCUT2D eigenvalue weighted by Crippen LogP contribution is -2.09. The van der Waals surface area contributed by atoms with Crippen molar-refractivity contribution in [1.29, 1.82) is 0 Å². The number of halogens is 1. The van der Waals surface area contributed by atoms with Gasteiger partial charge in [0, 0.05) is 4.88 Å². The van der Waals surface area contributed by atoms with Gasteiger partial charge in [0.15, 0.2) is 0 Å². The minimum absolute atomic E-state index is 0.0121. The maximum Gasteiger partial charge on any atom is 0.0702 e. The molecule has 15 heavy (non-hydrogen) atoms. The number of rotatable bonds is 2. The van der Waals surface area contributed by atoms with Gasteiger partial charge in [0.2, 0.25) is 0 Å². The Morgan fingerprint density at radius 2 is 1.80 bits per heavy atom. The predicted molar refractivity (Wildman–Crippen MR) is 69.2 cm³/mol. The van der Waals surface area contributed by atoms with E-state index in [-0.39, 0.29) is 6.04 Å². The van der Waals surface area contributed by atoms with Crippen LogP contribution < -0.4 is 5.73 Å². The van der Waals surface area contributed by atoms with Crippen molar-refractivity contribution in [2.75, 3.05) is 0 Å². The van der Waals surface area contributed by atoms with Crippen LogP contribution in [-0.4, -0.2) is 0 Å². The first-order valence-electron chi connectivity index (χ1n) is 4.74. The minimum Gasteiger partial charge on any atom is -0.320 e. The van der Waals surface area contributed by atoms with Gasteiger partial charge < -0.3 is 5.73 Å². The van der Waals surface area contributed by atoms with E-state index in [4.69, 9.17) is 5.73 Å². The zero-order valence-corrected chi connectivity index (χ0v) is 10.8. The molecule has 1 nitrogen and oxygen atoms in total. The highest BCUT2D eigenvalue weighted by Crippen LogP contribution is 2.29. The van der Waals surface area contributed by atoms with Crippen molar-refractivity contribution < 1.29 is 0 Å². The van der Waals surface area contributed by atoms with Gasteiger partial charge in [-0.05, 0) is 40.5 Å². The highest BCUT2D eigenvalue weighted by atomic mass is 79.9. The predicted octanol–water partition coefficient (Wildman–Crippen LogP) is 3.87. The van der Waals surface area contributed by atoms with E-state index in [0.29, 0.717) is 0 Å². The van der Waals surface area contributed by atoms with Crippen LogP contribution in [0.4, 0.5) is 0 Å². The molecular formula is C12H12BrNS. The topological polar surface area (TPSA) is 26.0 Å². The molecule has 1 heterocycles. The van der Waals surface area contributed by atoms with Gasteiger partial charge in [-0.25, -0.2) is 0 Å².